The van der Waals surface area contributed by atoms with Crippen LogP contribution in [0.1, 0.15) is 58.2 Å². The number of benzene rings is 16. The Hall–Kier alpha value is -14.0. The SMILES string of the molecule is Cc1ccc2c(c1)N(c1cccc3c1oc1ccccc13)c1cc(C(C)(C)C)cc3c1B2c1cc2c(cc1N3c1cccc3c1oc1ccccc13)N(c1c(-c3ccccc3)cccc1-c1ccccc1)c1cc(C(C)(C)C)cc3c1B2c1ccc(-n2c4ccccc4c4ccccc42)cc1N3c1cccc2c1oc1ccccc12. The van der Waals surface area contributed by atoms with Crippen molar-refractivity contribution < 1.29 is 13.3 Å². The largest absolute Gasteiger partial charge is 0.454 e. The van der Waals surface area contributed by atoms with E-state index in [1.54, 1.807) is 0 Å². The number of fused-ring (bicyclic) bond motifs is 20. The van der Waals surface area contributed by atoms with Crippen molar-refractivity contribution in [2.24, 2.45) is 0 Å². The molecule has 8 heterocycles. The molecule has 544 valence electrons. The monoisotopic (exact) mass is 1480 g/mol. The summed E-state index contributed by atoms with van der Waals surface area (Å²) in [6.45, 7) is 15.8. The van der Waals surface area contributed by atoms with Gasteiger partial charge in [-0.3, -0.25) is 0 Å². The first-order valence-electron chi connectivity index (χ1n) is 40.2. The van der Waals surface area contributed by atoms with E-state index < -0.39 is 0 Å². The molecule has 16 aromatic carbocycles. The first kappa shape index (κ1) is 65.7. The van der Waals surface area contributed by atoms with E-state index in [4.69, 9.17) is 13.3 Å². The number of aryl methyl sites for hydroxylation is 1. The van der Waals surface area contributed by atoms with Crippen molar-refractivity contribution in [3.63, 3.8) is 0 Å². The van der Waals surface area contributed by atoms with Crippen LogP contribution in [0, 0.1) is 6.92 Å². The van der Waals surface area contributed by atoms with Gasteiger partial charge in [-0.1, -0.05) is 272 Å². The predicted molar refractivity (Wildman–Crippen MR) is 484 cm³/mol. The Morgan fingerprint density at radius 1 is 0.261 bits per heavy atom. The first-order valence-corrected chi connectivity index (χ1v) is 40.2. The quantitative estimate of drug-likeness (QED) is 0.147. The van der Waals surface area contributed by atoms with E-state index in [9.17, 15) is 0 Å². The summed E-state index contributed by atoms with van der Waals surface area (Å²) >= 11 is 0. The van der Waals surface area contributed by atoms with Crippen molar-refractivity contribution in [1.29, 1.82) is 0 Å². The van der Waals surface area contributed by atoms with Crippen LogP contribution in [0.5, 0.6) is 0 Å². The van der Waals surface area contributed by atoms with Crippen LogP contribution >= 0.6 is 0 Å². The van der Waals surface area contributed by atoms with Crippen LogP contribution < -0.4 is 52.4 Å². The van der Waals surface area contributed by atoms with Crippen LogP contribution in [0.4, 0.5) is 68.2 Å². The molecule has 0 amide bonds. The number of furan rings is 3. The molecule has 0 radical (unpaired) electrons. The molecule has 0 atom stereocenters. The maximum absolute atomic E-state index is 7.40. The van der Waals surface area contributed by atoms with Crippen LogP contribution in [0.3, 0.4) is 0 Å². The van der Waals surface area contributed by atoms with Crippen molar-refractivity contribution in [1.82, 2.24) is 4.57 Å². The Kier molecular flexibility index (Phi) is 13.7. The average molecular weight is 1480 g/mol. The molecule has 8 nitrogen and oxygen atoms in total. The topological polar surface area (TPSA) is 57.3 Å². The molecule has 0 saturated carbocycles. The molecule has 0 aliphatic carbocycles. The molecular weight excluding hydrogens is 1400 g/mol. The molecule has 10 heteroatoms. The fourth-order valence-corrected chi connectivity index (χ4v) is 20.0. The second-order valence-corrected chi connectivity index (χ2v) is 33.9. The van der Waals surface area contributed by atoms with E-state index in [2.05, 4.69) is 400 Å². The summed E-state index contributed by atoms with van der Waals surface area (Å²) in [5.41, 5.74) is 35.6. The number of nitrogens with zero attached hydrogens (tertiary/aromatic N) is 5. The van der Waals surface area contributed by atoms with Gasteiger partial charge in [0.2, 0.25) is 0 Å². The van der Waals surface area contributed by atoms with Crippen molar-refractivity contribution in [3.8, 4) is 27.9 Å². The molecule has 0 fully saturated rings. The summed E-state index contributed by atoms with van der Waals surface area (Å²) in [4.78, 5) is 10.5. The molecule has 20 aromatic rings. The lowest BCUT2D eigenvalue weighted by Gasteiger charge is -2.48. The van der Waals surface area contributed by atoms with Crippen LogP contribution in [0.25, 0.3) is 116 Å². The molecule has 24 rings (SSSR count). The normalized spacial score (nSPS) is 13.6. The maximum atomic E-state index is 7.40. The third-order valence-electron chi connectivity index (χ3n) is 25.3. The number of aromatic nitrogens is 1. The van der Waals surface area contributed by atoms with Gasteiger partial charge in [-0.2, -0.15) is 0 Å². The third-order valence-corrected chi connectivity index (χ3v) is 25.3. The summed E-state index contributed by atoms with van der Waals surface area (Å²) in [5.74, 6) is 0. The van der Waals surface area contributed by atoms with Gasteiger partial charge in [0.15, 0.2) is 16.7 Å². The lowest BCUT2D eigenvalue weighted by atomic mass is 9.30. The Morgan fingerprint density at radius 2 is 0.617 bits per heavy atom. The van der Waals surface area contributed by atoms with Gasteiger partial charge in [-0.15, -0.1) is 0 Å². The molecule has 4 aliphatic heterocycles. The zero-order chi connectivity index (χ0) is 76.6. The standard InChI is InChI=1S/C105H75B2N5O3/c1-62-50-52-78-87(54-62)109(84-44-25-39-75-72-34-16-21-47-95(72)113-101(75)84)91-55-65(104(2,3)4)56-92-98(91)106(78)80-60-81-90(61-89(80)111(92)86-46-27-41-77-74-36-18-23-49-97(74)115-103(77)86)112(100-68(63-28-10-8-11-29-63)37-24-38-69(100)64-30-12-9-13-31-64)94-58-66(105(5,6)7)57-93-99(94)107(81)79-53-51-67(108-82-42-19-14-32-70(82)71-33-15-20-43-83(71)108)59-88(79)110(93)85-45-26-40-76-73-35-17-22-48-96(73)114-102(76)85/h8-61H,1-7H3. The van der Waals surface area contributed by atoms with E-state index in [-0.39, 0.29) is 24.3 Å². The van der Waals surface area contributed by atoms with E-state index in [0.717, 1.165) is 173 Å². The number of anilines is 12. The third kappa shape index (κ3) is 9.45. The van der Waals surface area contributed by atoms with Crippen LogP contribution in [0.2, 0.25) is 0 Å². The second-order valence-electron chi connectivity index (χ2n) is 33.9. The predicted octanol–water partition coefficient (Wildman–Crippen LogP) is 24.9. The minimum absolute atomic E-state index is 0.302. The van der Waals surface area contributed by atoms with Crippen LogP contribution in [-0.4, -0.2) is 18.0 Å². The molecular formula is C105H75B2N5O3. The van der Waals surface area contributed by atoms with Gasteiger partial charge < -0.3 is 37.4 Å². The number of hydrogen-bond acceptors (Lipinski definition) is 7. The zero-order valence-corrected chi connectivity index (χ0v) is 64.8. The highest BCUT2D eigenvalue weighted by Crippen LogP contribution is 2.56. The van der Waals surface area contributed by atoms with E-state index in [1.807, 2.05) is 0 Å². The summed E-state index contributed by atoms with van der Waals surface area (Å²) in [6.07, 6.45) is 0. The Morgan fingerprint density at radius 3 is 1.06 bits per heavy atom. The van der Waals surface area contributed by atoms with Gasteiger partial charge >= 0.3 is 0 Å². The van der Waals surface area contributed by atoms with Gasteiger partial charge in [0.05, 0.1) is 33.8 Å². The van der Waals surface area contributed by atoms with E-state index in [1.165, 1.54) is 60.2 Å². The van der Waals surface area contributed by atoms with Crippen molar-refractivity contribution in [2.45, 2.75) is 59.3 Å². The highest BCUT2D eigenvalue weighted by molar-refractivity contribution is 7.03. The molecule has 0 spiro atoms. The van der Waals surface area contributed by atoms with Crippen LogP contribution in [0.15, 0.2) is 341 Å². The van der Waals surface area contributed by atoms with Gasteiger partial charge in [-0.25, -0.2) is 0 Å². The minimum atomic E-state index is -0.364. The Labute approximate surface area is 666 Å². The smallest absolute Gasteiger partial charge is 0.252 e. The summed E-state index contributed by atoms with van der Waals surface area (Å²) < 4.78 is 24.4. The maximum Gasteiger partial charge on any atom is 0.252 e. The molecule has 0 bridgehead atoms. The molecule has 0 saturated heterocycles. The molecule has 0 unspecified atom stereocenters. The van der Waals surface area contributed by atoms with Crippen molar-refractivity contribution in [2.75, 3.05) is 19.6 Å². The van der Waals surface area contributed by atoms with Gasteiger partial charge in [0.1, 0.15) is 16.7 Å². The Bertz CT molecular complexity index is 7470. The van der Waals surface area contributed by atoms with Crippen molar-refractivity contribution >= 4 is 202 Å². The fourth-order valence-electron chi connectivity index (χ4n) is 20.0. The fraction of sp³-hybridized carbons (Fsp3) is 0.0857. The average Bonchev–Trinajstić information content (AvgIpc) is 1.38. The first-order chi connectivity index (χ1) is 56.3. The van der Waals surface area contributed by atoms with E-state index in [0.29, 0.717) is 0 Å². The van der Waals surface area contributed by atoms with Crippen LogP contribution in [-0.2, 0) is 10.8 Å². The number of rotatable bonds is 7. The summed E-state index contributed by atoms with van der Waals surface area (Å²) in [5, 5.41) is 8.85. The summed E-state index contributed by atoms with van der Waals surface area (Å²) in [6, 6.07) is 123. The molecule has 4 aliphatic rings. The number of para-hydroxylation sites is 9. The molecule has 0 N–H and O–H groups in total. The van der Waals surface area contributed by atoms with E-state index >= 15 is 0 Å². The Balaban J connectivity index is 0.879. The van der Waals surface area contributed by atoms with Gasteiger partial charge in [-0.05, 0) is 175 Å². The lowest BCUT2D eigenvalue weighted by Crippen LogP contribution is -2.65. The lowest BCUT2D eigenvalue weighted by molar-refractivity contribution is 0.590. The van der Waals surface area contributed by atoms with Crippen molar-refractivity contribution in [3.05, 3.63) is 344 Å². The van der Waals surface area contributed by atoms with Gasteiger partial charge in [0.25, 0.3) is 13.4 Å². The highest BCUT2D eigenvalue weighted by Gasteiger charge is 2.51. The molecule has 115 heavy (non-hydrogen) atoms. The molecule has 4 aromatic heterocycles. The zero-order valence-electron chi connectivity index (χ0n) is 64.8. The summed E-state index contributed by atoms with van der Waals surface area (Å²) in [7, 11) is 0. The second kappa shape index (κ2) is 24.0. The van der Waals surface area contributed by atoms with Gasteiger partial charge in [0, 0.05) is 105 Å². The number of hydrogen-bond donors (Lipinski definition) is 0. The minimum Gasteiger partial charge on any atom is -0.454 e. The highest BCUT2D eigenvalue weighted by atomic mass is 16.3.